The zero-order chi connectivity index (χ0) is 25.5. The van der Waals surface area contributed by atoms with Crippen molar-refractivity contribution in [2.75, 3.05) is 29.6 Å². The van der Waals surface area contributed by atoms with Crippen molar-refractivity contribution in [1.82, 2.24) is 4.98 Å². The number of carbonyl (C=O) groups excluding carboxylic acids is 1. The van der Waals surface area contributed by atoms with E-state index in [4.69, 9.17) is 4.78 Å². The van der Waals surface area contributed by atoms with Gasteiger partial charge in [-0.2, -0.15) is 13.2 Å². The minimum atomic E-state index is -4.78. The van der Waals surface area contributed by atoms with E-state index in [0.29, 0.717) is 0 Å². The molecule has 34 heavy (non-hydrogen) atoms. The molecule has 0 aliphatic carbocycles. The summed E-state index contributed by atoms with van der Waals surface area (Å²) in [6.07, 6.45) is -4.36. The monoisotopic (exact) mass is 504 g/mol. The van der Waals surface area contributed by atoms with Crippen LogP contribution in [-0.4, -0.2) is 40.4 Å². The number of benzene rings is 1. The molecule has 1 saturated heterocycles. The maximum atomic E-state index is 13.9. The van der Waals surface area contributed by atoms with Crippen LogP contribution in [0.5, 0.6) is 0 Å². The lowest BCUT2D eigenvalue weighted by atomic mass is 9.99. The number of rotatable bonds is 4. The Balaban J connectivity index is 2.11. The van der Waals surface area contributed by atoms with E-state index >= 15 is 0 Å². The second kappa shape index (κ2) is 9.12. The fourth-order valence-electron chi connectivity index (χ4n) is 4.04. The van der Waals surface area contributed by atoms with Gasteiger partial charge in [0.2, 0.25) is 5.92 Å². The highest BCUT2D eigenvalue weighted by Crippen LogP contribution is 2.39. The van der Waals surface area contributed by atoms with Crippen molar-refractivity contribution in [3.63, 3.8) is 0 Å². The molecule has 12 heteroatoms. The molecular weight excluding hydrogens is 479 g/mol. The number of anilines is 2. The number of aromatic nitrogens is 1. The van der Waals surface area contributed by atoms with Crippen molar-refractivity contribution in [1.29, 1.82) is 4.78 Å². The average molecular weight is 505 g/mol. The van der Waals surface area contributed by atoms with Crippen LogP contribution in [0.15, 0.2) is 29.2 Å². The summed E-state index contributed by atoms with van der Waals surface area (Å²) in [5.41, 5.74) is -2.00. The van der Waals surface area contributed by atoms with Gasteiger partial charge in [0, 0.05) is 42.8 Å². The Hall–Kier alpha value is -2.76. The summed E-state index contributed by atoms with van der Waals surface area (Å²) in [6, 6.07) is 5.65. The molecule has 2 N–H and O–H groups in total. The third kappa shape index (κ3) is 5.65. The van der Waals surface area contributed by atoms with Crippen LogP contribution in [0.1, 0.15) is 46.4 Å². The number of nitrogens with zero attached hydrogens (tertiary/aromatic N) is 2. The topological polar surface area (TPSA) is 86.2 Å². The Bertz CT molecular complexity index is 1210. The second-order valence-electron chi connectivity index (χ2n) is 8.42. The number of hydrogen-bond acceptors (Lipinski definition) is 5. The summed E-state index contributed by atoms with van der Waals surface area (Å²) in [6.45, 7) is 2.26. The molecule has 1 aromatic heterocycles. The fraction of sp³-hybridized carbons (Fsp3) is 0.455. The first-order valence-corrected chi connectivity index (χ1v) is 12.4. The van der Waals surface area contributed by atoms with E-state index in [1.165, 1.54) is 42.3 Å². The minimum Gasteiger partial charge on any atom is -0.356 e. The number of carbonyl (C=O) groups is 1. The van der Waals surface area contributed by atoms with Crippen LogP contribution in [0, 0.1) is 18.6 Å². The molecule has 0 spiro atoms. The molecule has 2 heterocycles. The summed E-state index contributed by atoms with van der Waals surface area (Å²) in [7, 11) is -3.10. The maximum Gasteiger partial charge on any atom is 0.418 e. The van der Waals surface area contributed by atoms with Gasteiger partial charge in [0.1, 0.15) is 5.82 Å². The van der Waals surface area contributed by atoms with Gasteiger partial charge in [-0.1, -0.05) is 6.07 Å². The normalized spacial score (nSPS) is 18.2. The highest BCUT2D eigenvalue weighted by atomic mass is 32.2. The molecule has 1 atom stereocenters. The van der Waals surface area contributed by atoms with Crippen LogP contribution in [0.2, 0.25) is 0 Å². The molecule has 6 nitrogen and oxygen atoms in total. The van der Waals surface area contributed by atoms with E-state index in [0.717, 1.165) is 6.92 Å². The number of halogens is 5. The SMILES string of the molecule is Cc1nc(N2CCCC(F)(F)CC2)c(C(=O)Nc2cccc([S@](C)(=N)=O)c2)c(C)c1C(F)(F)F. The van der Waals surface area contributed by atoms with Crippen LogP contribution in [-0.2, 0) is 15.9 Å². The van der Waals surface area contributed by atoms with E-state index in [1.807, 2.05) is 0 Å². The van der Waals surface area contributed by atoms with Crippen molar-refractivity contribution in [3.05, 3.63) is 46.6 Å². The summed E-state index contributed by atoms with van der Waals surface area (Å²) >= 11 is 0. The summed E-state index contributed by atoms with van der Waals surface area (Å²) in [5, 5.41) is 2.49. The molecule has 1 aliphatic heterocycles. The molecule has 186 valence electrons. The van der Waals surface area contributed by atoms with E-state index < -0.39 is 39.7 Å². The first-order chi connectivity index (χ1) is 15.6. The summed E-state index contributed by atoms with van der Waals surface area (Å²) < 4.78 is 88.8. The van der Waals surface area contributed by atoms with Crippen LogP contribution in [0.4, 0.5) is 33.5 Å². The third-order valence-corrected chi connectivity index (χ3v) is 6.83. The first-order valence-electron chi connectivity index (χ1n) is 10.5. The van der Waals surface area contributed by atoms with Crippen molar-refractivity contribution < 1.29 is 31.0 Å². The molecule has 0 radical (unpaired) electrons. The highest BCUT2D eigenvalue weighted by molar-refractivity contribution is 7.91. The van der Waals surface area contributed by atoms with E-state index in [9.17, 15) is 31.0 Å². The second-order valence-corrected chi connectivity index (χ2v) is 10.6. The van der Waals surface area contributed by atoms with Crippen molar-refractivity contribution >= 4 is 27.1 Å². The molecule has 1 fully saturated rings. The molecule has 1 aliphatic rings. The Morgan fingerprint density at radius 2 is 1.88 bits per heavy atom. The molecule has 0 unspecified atom stereocenters. The Morgan fingerprint density at radius 3 is 2.50 bits per heavy atom. The number of alkyl halides is 5. The molecule has 2 aromatic rings. The van der Waals surface area contributed by atoms with Gasteiger partial charge in [0.25, 0.3) is 5.91 Å². The average Bonchev–Trinajstić information content (AvgIpc) is 2.86. The van der Waals surface area contributed by atoms with Gasteiger partial charge in [0.15, 0.2) is 0 Å². The Morgan fingerprint density at radius 1 is 1.21 bits per heavy atom. The number of pyridine rings is 1. The smallest absolute Gasteiger partial charge is 0.356 e. The van der Waals surface area contributed by atoms with Gasteiger partial charge in [-0.3, -0.25) is 4.79 Å². The quantitative estimate of drug-likeness (QED) is 0.529. The molecule has 0 bridgehead atoms. The van der Waals surface area contributed by atoms with Crippen LogP contribution < -0.4 is 10.2 Å². The number of nitrogens with one attached hydrogen (secondary N) is 2. The lowest BCUT2D eigenvalue weighted by molar-refractivity contribution is -0.138. The van der Waals surface area contributed by atoms with Crippen molar-refractivity contribution in [2.24, 2.45) is 0 Å². The first kappa shape index (κ1) is 25.9. The molecule has 1 amide bonds. The molecule has 0 saturated carbocycles. The molecule has 3 rings (SSSR count). The highest BCUT2D eigenvalue weighted by Gasteiger charge is 2.39. The van der Waals surface area contributed by atoms with E-state index in [-0.39, 0.29) is 59.2 Å². The van der Waals surface area contributed by atoms with Crippen LogP contribution in [0.25, 0.3) is 0 Å². The maximum absolute atomic E-state index is 13.9. The van der Waals surface area contributed by atoms with Gasteiger partial charge in [-0.15, -0.1) is 0 Å². The van der Waals surface area contributed by atoms with E-state index in [1.54, 1.807) is 0 Å². The fourth-order valence-corrected chi connectivity index (χ4v) is 4.73. The van der Waals surface area contributed by atoms with Crippen molar-refractivity contribution in [3.8, 4) is 0 Å². The third-order valence-electron chi connectivity index (χ3n) is 5.68. The lowest BCUT2D eigenvalue weighted by Crippen LogP contribution is -2.31. The van der Waals surface area contributed by atoms with E-state index in [2.05, 4.69) is 10.3 Å². The number of amides is 1. The zero-order valence-corrected chi connectivity index (χ0v) is 19.7. The Labute approximate surface area is 194 Å². The van der Waals surface area contributed by atoms with Gasteiger partial charge >= 0.3 is 6.18 Å². The van der Waals surface area contributed by atoms with Gasteiger partial charge in [-0.05, 0) is 44.0 Å². The van der Waals surface area contributed by atoms with Gasteiger partial charge < -0.3 is 10.2 Å². The van der Waals surface area contributed by atoms with Gasteiger partial charge in [0.05, 0.1) is 26.5 Å². The van der Waals surface area contributed by atoms with Gasteiger partial charge in [-0.25, -0.2) is 22.8 Å². The standard InChI is InChI=1S/C22H25F5N4O2S/c1-13-17(20(32)30-15-6-4-7-16(12-15)34(3,28)33)19(29-14(2)18(13)22(25,26)27)31-10-5-8-21(23,24)9-11-31/h4,6-7,12,28H,5,8-11H2,1-3H3,(H,30,32)/t34-/m1/s1. The van der Waals surface area contributed by atoms with Crippen LogP contribution >= 0.6 is 0 Å². The summed E-state index contributed by atoms with van der Waals surface area (Å²) in [5.74, 6) is -3.91. The number of hydrogen-bond donors (Lipinski definition) is 2. The predicted octanol–water partition coefficient (Wildman–Crippen LogP) is 5.63. The zero-order valence-electron chi connectivity index (χ0n) is 18.9. The summed E-state index contributed by atoms with van der Waals surface area (Å²) in [4.78, 5) is 18.9. The van der Waals surface area contributed by atoms with Crippen LogP contribution in [0.3, 0.4) is 0 Å². The largest absolute Gasteiger partial charge is 0.418 e. The molecular formula is C22H25F5N4O2S. The minimum absolute atomic E-state index is 0.0886. The number of aryl methyl sites for hydroxylation is 1. The van der Waals surface area contributed by atoms with Crippen molar-refractivity contribution in [2.45, 2.75) is 50.1 Å². The predicted molar refractivity (Wildman–Crippen MR) is 119 cm³/mol. The Kier molecular flexibility index (Phi) is 6.94. The lowest BCUT2D eigenvalue weighted by Gasteiger charge is -2.27. The molecule has 1 aromatic carbocycles.